The minimum absolute atomic E-state index is 0.173. The van der Waals surface area contributed by atoms with Crippen LogP contribution in [0.2, 0.25) is 5.02 Å². The first-order valence-electron chi connectivity index (χ1n) is 8.07. The Morgan fingerprint density at radius 2 is 1.88 bits per heavy atom. The molecule has 0 spiro atoms. The van der Waals surface area contributed by atoms with E-state index < -0.39 is 0 Å². The summed E-state index contributed by atoms with van der Waals surface area (Å²) >= 11 is 6.01. The molecule has 8 heteroatoms. The van der Waals surface area contributed by atoms with Crippen LogP contribution in [-0.2, 0) is 4.79 Å². The number of fused-ring (bicyclic) bond motifs is 1. The minimum atomic E-state index is -0.356. The molecular weight excluding hydrogens is 354 g/mol. The highest BCUT2D eigenvalue weighted by atomic mass is 35.5. The highest BCUT2D eigenvalue weighted by Gasteiger charge is 2.14. The fourth-order valence-corrected chi connectivity index (χ4v) is 2.73. The van der Waals surface area contributed by atoms with E-state index in [1.54, 1.807) is 35.1 Å². The molecular formula is C18H18ClN5O2. The van der Waals surface area contributed by atoms with Gasteiger partial charge in [0.15, 0.2) is 5.65 Å². The molecule has 1 aromatic carbocycles. The number of nitrogens with zero attached hydrogens (tertiary/aromatic N) is 3. The zero-order chi connectivity index (χ0) is 18.8. The molecule has 3 rings (SSSR count). The van der Waals surface area contributed by atoms with Gasteiger partial charge < -0.3 is 10.6 Å². The van der Waals surface area contributed by atoms with Gasteiger partial charge in [-0.05, 0) is 38.1 Å². The van der Waals surface area contributed by atoms with Crippen LogP contribution in [-0.4, -0.2) is 26.6 Å². The second-order valence-electron chi connectivity index (χ2n) is 6.14. The first kappa shape index (κ1) is 17.9. The summed E-state index contributed by atoms with van der Waals surface area (Å²) in [6.45, 7) is 5.42. The van der Waals surface area contributed by atoms with Crippen molar-refractivity contribution in [3.63, 3.8) is 0 Å². The average Bonchev–Trinajstić information content (AvgIpc) is 3.00. The van der Waals surface area contributed by atoms with Crippen molar-refractivity contribution in [1.29, 1.82) is 0 Å². The first-order valence-corrected chi connectivity index (χ1v) is 8.44. The van der Waals surface area contributed by atoms with Gasteiger partial charge in [0.05, 0.1) is 23.1 Å². The summed E-state index contributed by atoms with van der Waals surface area (Å²) in [7, 11) is 0. The van der Waals surface area contributed by atoms with E-state index in [1.807, 2.05) is 13.8 Å². The van der Waals surface area contributed by atoms with Crippen LogP contribution in [0.25, 0.3) is 11.0 Å². The lowest BCUT2D eigenvalue weighted by atomic mass is 10.2. The summed E-state index contributed by atoms with van der Waals surface area (Å²) in [4.78, 5) is 28.3. The number of nitrogens with one attached hydrogen (secondary N) is 2. The van der Waals surface area contributed by atoms with Crippen LogP contribution >= 0.6 is 11.6 Å². The molecule has 0 saturated heterocycles. The van der Waals surface area contributed by atoms with Gasteiger partial charge in [0, 0.05) is 29.6 Å². The molecule has 0 atom stereocenters. The summed E-state index contributed by atoms with van der Waals surface area (Å²) in [6.07, 6.45) is 3.18. The Kier molecular flexibility index (Phi) is 4.90. The number of aromatic nitrogens is 3. The number of benzene rings is 1. The van der Waals surface area contributed by atoms with Crippen molar-refractivity contribution < 1.29 is 9.59 Å². The molecule has 0 fully saturated rings. The van der Waals surface area contributed by atoms with E-state index in [0.717, 1.165) is 11.0 Å². The van der Waals surface area contributed by atoms with Crippen LogP contribution in [0.1, 0.15) is 37.2 Å². The van der Waals surface area contributed by atoms with Crippen LogP contribution in [0.5, 0.6) is 0 Å². The van der Waals surface area contributed by atoms with Crippen molar-refractivity contribution in [2.75, 3.05) is 10.6 Å². The van der Waals surface area contributed by atoms with Gasteiger partial charge in [0.2, 0.25) is 5.91 Å². The van der Waals surface area contributed by atoms with E-state index in [0.29, 0.717) is 22.0 Å². The van der Waals surface area contributed by atoms with Crippen LogP contribution in [0.4, 0.5) is 11.4 Å². The van der Waals surface area contributed by atoms with E-state index in [-0.39, 0.29) is 17.9 Å². The molecule has 26 heavy (non-hydrogen) atoms. The standard InChI is InChI=1S/C18H18ClN5O2/c1-10(2)24-17-12(9-21-24)6-13(8-20-17)18(26)23-16-7-14(19)4-5-15(16)22-11(3)25/h4-10H,1-3H3,(H,22,25)(H,23,26). The lowest BCUT2D eigenvalue weighted by Gasteiger charge is -2.12. The zero-order valence-electron chi connectivity index (χ0n) is 14.6. The van der Waals surface area contributed by atoms with E-state index in [2.05, 4.69) is 20.7 Å². The summed E-state index contributed by atoms with van der Waals surface area (Å²) in [5, 5.41) is 10.9. The molecule has 134 valence electrons. The number of amides is 2. The van der Waals surface area contributed by atoms with Gasteiger partial charge in [-0.1, -0.05) is 11.6 Å². The van der Waals surface area contributed by atoms with E-state index in [4.69, 9.17) is 11.6 Å². The van der Waals surface area contributed by atoms with Gasteiger partial charge in [0.25, 0.3) is 5.91 Å². The third-order valence-corrected chi connectivity index (χ3v) is 3.96. The van der Waals surface area contributed by atoms with E-state index >= 15 is 0 Å². The normalized spacial score (nSPS) is 11.0. The Morgan fingerprint density at radius 3 is 2.58 bits per heavy atom. The Bertz CT molecular complexity index is 996. The molecule has 2 amide bonds. The molecule has 3 aromatic rings. The molecule has 2 heterocycles. The molecule has 0 unspecified atom stereocenters. The molecule has 0 aliphatic heterocycles. The van der Waals surface area contributed by atoms with Crippen LogP contribution in [0.15, 0.2) is 36.7 Å². The smallest absolute Gasteiger partial charge is 0.257 e. The van der Waals surface area contributed by atoms with Crippen molar-refractivity contribution in [3.05, 3.63) is 47.2 Å². The Morgan fingerprint density at radius 1 is 1.12 bits per heavy atom. The van der Waals surface area contributed by atoms with Crippen LogP contribution in [0.3, 0.4) is 0 Å². The van der Waals surface area contributed by atoms with Crippen LogP contribution < -0.4 is 10.6 Å². The molecule has 0 radical (unpaired) electrons. The monoisotopic (exact) mass is 371 g/mol. The maximum atomic E-state index is 12.6. The van der Waals surface area contributed by atoms with Gasteiger partial charge in [-0.2, -0.15) is 5.10 Å². The minimum Gasteiger partial charge on any atom is -0.325 e. The Labute approximate surface area is 155 Å². The molecule has 0 saturated carbocycles. The van der Waals surface area contributed by atoms with Gasteiger partial charge in [-0.25, -0.2) is 9.67 Å². The number of hydrogen-bond acceptors (Lipinski definition) is 4. The third-order valence-electron chi connectivity index (χ3n) is 3.73. The molecule has 2 aromatic heterocycles. The highest BCUT2D eigenvalue weighted by Crippen LogP contribution is 2.26. The fraction of sp³-hybridized carbons (Fsp3) is 0.222. The van der Waals surface area contributed by atoms with Gasteiger partial charge >= 0.3 is 0 Å². The zero-order valence-corrected chi connectivity index (χ0v) is 15.3. The van der Waals surface area contributed by atoms with Crippen LogP contribution in [0, 0.1) is 0 Å². The summed E-state index contributed by atoms with van der Waals surface area (Å²) in [5.41, 5.74) is 1.99. The van der Waals surface area contributed by atoms with Crippen molar-refractivity contribution >= 4 is 45.8 Å². The summed E-state index contributed by atoms with van der Waals surface area (Å²) in [5.74, 6) is -0.599. The lowest BCUT2D eigenvalue weighted by molar-refractivity contribution is -0.114. The predicted octanol–water partition coefficient (Wildman–Crippen LogP) is 3.88. The second-order valence-corrected chi connectivity index (χ2v) is 6.58. The Balaban J connectivity index is 1.90. The summed E-state index contributed by atoms with van der Waals surface area (Å²) < 4.78 is 1.79. The van der Waals surface area contributed by atoms with Crippen molar-refractivity contribution in [1.82, 2.24) is 14.8 Å². The van der Waals surface area contributed by atoms with Gasteiger partial charge in [-0.3, -0.25) is 9.59 Å². The molecule has 0 aliphatic rings. The topological polar surface area (TPSA) is 88.9 Å². The Hall–Kier alpha value is -2.93. The van der Waals surface area contributed by atoms with Crippen molar-refractivity contribution in [3.8, 4) is 0 Å². The number of hydrogen-bond donors (Lipinski definition) is 2. The van der Waals surface area contributed by atoms with Crippen molar-refractivity contribution in [2.45, 2.75) is 26.8 Å². The number of pyridine rings is 1. The number of rotatable bonds is 4. The SMILES string of the molecule is CC(=O)Nc1ccc(Cl)cc1NC(=O)c1cnc2c(cnn2C(C)C)c1. The number of carbonyl (C=O) groups is 2. The fourth-order valence-electron chi connectivity index (χ4n) is 2.56. The quantitative estimate of drug-likeness (QED) is 0.728. The average molecular weight is 372 g/mol. The number of carbonyl (C=O) groups excluding carboxylic acids is 2. The first-order chi connectivity index (χ1) is 12.3. The molecule has 2 N–H and O–H groups in total. The maximum absolute atomic E-state index is 12.6. The third kappa shape index (κ3) is 3.67. The van der Waals surface area contributed by atoms with Gasteiger partial charge in [-0.15, -0.1) is 0 Å². The van der Waals surface area contributed by atoms with E-state index in [1.165, 1.54) is 13.1 Å². The largest absolute Gasteiger partial charge is 0.325 e. The van der Waals surface area contributed by atoms with Crippen molar-refractivity contribution in [2.24, 2.45) is 0 Å². The van der Waals surface area contributed by atoms with E-state index in [9.17, 15) is 9.59 Å². The predicted molar refractivity (Wildman–Crippen MR) is 102 cm³/mol. The number of anilines is 2. The lowest BCUT2D eigenvalue weighted by Crippen LogP contribution is -2.15. The molecule has 0 bridgehead atoms. The molecule has 0 aliphatic carbocycles. The van der Waals surface area contributed by atoms with Gasteiger partial charge in [0.1, 0.15) is 0 Å². The maximum Gasteiger partial charge on any atom is 0.257 e. The number of halogens is 1. The second kappa shape index (κ2) is 7.13. The summed E-state index contributed by atoms with van der Waals surface area (Å²) in [6, 6.07) is 6.75. The highest BCUT2D eigenvalue weighted by molar-refractivity contribution is 6.31. The molecule has 7 nitrogen and oxygen atoms in total.